The van der Waals surface area contributed by atoms with Gasteiger partial charge >= 0.3 is 0 Å². The molecule has 1 saturated carbocycles. The molecule has 2 rings (SSSR count). The van der Waals surface area contributed by atoms with Crippen LogP contribution >= 0.6 is 11.6 Å². The number of hydrogen-bond acceptors (Lipinski definition) is 2. The molecule has 0 saturated heterocycles. The highest BCUT2D eigenvalue weighted by Gasteiger charge is 2.16. The van der Waals surface area contributed by atoms with E-state index < -0.39 is 5.82 Å². The van der Waals surface area contributed by atoms with Gasteiger partial charge in [0.1, 0.15) is 6.10 Å². The van der Waals surface area contributed by atoms with Gasteiger partial charge in [-0.2, -0.15) is 0 Å². The SMILES string of the molecule is CC(CNC1CCCC1)Oc1ccc(Cl)cc1F. The fourth-order valence-electron chi connectivity index (χ4n) is 2.29. The Morgan fingerprint density at radius 2 is 2.17 bits per heavy atom. The molecular formula is C14H19ClFNO. The number of hydrogen-bond donors (Lipinski definition) is 1. The van der Waals surface area contributed by atoms with E-state index in [1.165, 1.54) is 31.7 Å². The van der Waals surface area contributed by atoms with Gasteiger partial charge in [0, 0.05) is 17.6 Å². The number of ether oxygens (including phenoxy) is 1. The normalized spacial score (nSPS) is 17.9. The topological polar surface area (TPSA) is 21.3 Å². The molecule has 0 bridgehead atoms. The lowest BCUT2D eigenvalue weighted by molar-refractivity contribution is 0.202. The first-order chi connectivity index (χ1) is 8.65. The van der Waals surface area contributed by atoms with Crippen LogP contribution in [0.2, 0.25) is 5.02 Å². The third-order valence-electron chi connectivity index (χ3n) is 3.27. The Bertz CT molecular complexity index is 393. The van der Waals surface area contributed by atoms with Gasteiger partial charge in [-0.3, -0.25) is 0 Å². The summed E-state index contributed by atoms with van der Waals surface area (Å²) in [7, 11) is 0. The van der Waals surface area contributed by atoms with Crippen molar-refractivity contribution >= 4 is 11.6 Å². The molecule has 1 fully saturated rings. The molecule has 1 aliphatic rings. The molecule has 0 amide bonds. The fourth-order valence-corrected chi connectivity index (χ4v) is 2.45. The van der Waals surface area contributed by atoms with Crippen LogP contribution < -0.4 is 10.1 Å². The zero-order valence-corrected chi connectivity index (χ0v) is 11.3. The minimum Gasteiger partial charge on any atom is -0.486 e. The minimum atomic E-state index is -0.407. The molecular weight excluding hydrogens is 253 g/mol. The van der Waals surface area contributed by atoms with Crippen LogP contribution in [0.1, 0.15) is 32.6 Å². The average molecular weight is 272 g/mol. The monoisotopic (exact) mass is 271 g/mol. The van der Waals surface area contributed by atoms with Crippen molar-refractivity contribution in [2.24, 2.45) is 0 Å². The number of nitrogens with one attached hydrogen (secondary N) is 1. The lowest BCUT2D eigenvalue weighted by Crippen LogP contribution is -2.35. The molecule has 0 aromatic heterocycles. The Kier molecular flexibility index (Phi) is 4.84. The van der Waals surface area contributed by atoms with E-state index in [4.69, 9.17) is 16.3 Å². The molecule has 0 radical (unpaired) electrons. The van der Waals surface area contributed by atoms with E-state index in [9.17, 15) is 4.39 Å². The van der Waals surface area contributed by atoms with Crippen molar-refractivity contribution in [3.05, 3.63) is 29.0 Å². The Morgan fingerprint density at radius 3 is 2.83 bits per heavy atom. The van der Waals surface area contributed by atoms with Crippen molar-refractivity contribution in [2.75, 3.05) is 6.54 Å². The van der Waals surface area contributed by atoms with Gasteiger partial charge in [-0.15, -0.1) is 0 Å². The second-order valence-corrected chi connectivity index (χ2v) is 5.33. The summed E-state index contributed by atoms with van der Waals surface area (Å²) in [6, 6.07) is 5.08. The van der Waals surface area contributed by atoms with Gasteiger partial charge in [-0.25, -0.2) is 4.39 Å². The maximum Gasteiger partial charge on any atom is 0.166 e. The molecule has 18 heavy (non-hydrogen) atoms. The lowest BCUT2D eigenvalue weighted by atomic mass is 10.2. The standard InChI is InChI=1S/C14H19ClFNO/c1-10(9-17-12-4-2-3-5-12)18-14-7-6-11(15)8-13(14)16/h6-8,10,12,17H,2-5,9H2,1H3. The summed E-state index contributed by atoms with van der Waals surface area (Å²) >= 11 is 5.69. The summed E-state index contributed by atoms with van der Waals surface area (Å²) in [5.74, 6) is -0.143. The van der Waals surface area contributed by atoms with Crippen molar-refractivity contribution in [3.63, 3.8) is 0 Å². The van der Waals surface area contributed by atoms with Gasteiger partial charge in [0.2, 0.25) is 0 Å². The van der Waals surface area contributed by atoms with Crippen LogP contribution in [-0.2, 0) is 0 Å². The van der Waals surface area contributed by atoms with Gasteiger partial charge in [-0.05, 0) is 38.0 Å². The summed E-state index contributed by atoms with van der Waals surface area (Å²) in [6.45, 7) is 2.68. The Labute approximate surface area is 112 Å². The highest BCUT2D eigenvalue weighted by Crippen LogP contribution is 2.22. The largest absolute Gasteiger partial charge is 0.486 e. The van der Waals surface area contributed by atoms with E-state index in [1.54, 1.807) is 12.1 Å². The highest BCUT2D eigenvalue weighted by molar-refractivity contribution is 6.30. The third-order valence-corrected chi connectivity index (χ3v) is 3.51. The van der Waals surface area contributed by atoms with Gasteiger partial charge in [0.15, 0.2) is 11.6 Å². The fraction of sp³-hybridized carbons (Fsp3) is 0.571. The van der Waals surface area contributed by atoms with Crippen molar-refractivity contribution in [1.82, 2.24) is 5.32 Å². The molecule has 1 aromatic rings. The van der Waals surface area contributed by atoms with Gasteiger partial charge in [0.25, 0.3) is 0 Å². The van der Waals surface area contributed by atoms with E-state index in [2.05, 4.69) is 5.32 Å². The van der Waals surface area contributed by atoms with Gasteiger partial charge in [0.05, 0.1) is 0 Å². The Morgan fingerprint density at radius 1 is 1.44 bits per heavy atom. The van der Waals surface area contributed by atoms with Crippen LogP contribution in [0.3, 0.4) is 0 Å². The molecule has 2 nitrogen and oxygen atoms in total. The summed E-state index contributed by atoms with van der Waals surface area (Å²) < 4.78 is 19.1. The third kappa shape index (κ3) is 3.85. The molecule has 1 N–H and O–H groups in total. The first-order valence-corrected chi connectivity index (χ1v) is 6.88. The lowest BCUT2D eigenvalue weighted by Gasteiger charge is -2.18. The van der Waals surface area contributed by atoms with Crippen molar-refractivity contribution in [2.45, 2.75) is 44.8 Å². The number of halogens is 2. The van der Waals surface area contributed by atoms with Crippen LogP contribution in [0.5, 0.6) is 5.75 Å². The van der Waals surface area contributed by atoms with Crippen LogP contribution in [0.15, 0.2) is 18.2 Å². The predicted octanol–water partition coefficient (Wildman–Crippen LogP) is 3.78. The summed E-state index contributed by atoms with van der Waals surface area (Å²) in [4.78, 5) is 0. The molecule has 1 aliphatic carbocycles. The van der Waals surface area contributed by atoms with Crippen LogP contribution in [-0.4, -0.2) is 18.7 Å². The minimum absolute atomic E-state index is 0.0544. The van der Waals surface area contributed by atoms with Gasteiger partial charge < -0.3 is 10.1 Å². The van der Waals surface area contributed by atoms with Crippen LogP contribution in [0.25, 0.3) is 0 Å². The number of benzene rings is 1. The molecule has 0 heterocycles. The van der Waals surface area contributed by atoms with E-state index in [0.717, 1.165) is 6.54 Å². The molecule has 0 spiro atoms. The van der Waals surface area contributed by atoms with Crippen molar-refractivity contribution in [1.29, 1.82) is 0 Å². The number of rotatable bonds is 5. The predicted molar refractivity (Wildman–Crippen MR) is 71.8 cm³/mol. The first kappa shape index (κ1) is 13.6. The van der Waals surface area contributed by atoms with Crippen molar-refractivity contribution < 1.29 is 9.13 Å². The summed E-state index contributed by atoms with van der Waals surface area (Å²) in [6.07, 6.45) is 5.03. The molecule has 4 heteroatoms. The molecule has 1 aromatic carbocycles. The van der Waals surface area contributed by atoms with Crippen LogP contribution in [0.4, 0.5) is 4.39 Å². The second-order valence-electron chi connectivity index (χ2n) is 4.89. The zero-order chi connectivity index (χ0) is 13.0. The smallest absolute Gasteiger partial charge is 0.166 e. The molecule has 1 unspecified atom stereocenters. The Hall–Kier alpha value is -0.800. The van der Waals surface area contributed by atoms with E-state index in [0.29, 0.717) is 11.1 Å². The van der Waals surface area contributed by atoms with E-state index in [-0.39, 0.29) is 11.9 Å². The Balaban J connectivity index is 1.80. The second kappa shape index (κ2) is 6.39. The van der Waals surface area contributed by atoms with Crippen molar-refractivity contribution in [3.8, 4) is 5.75 Å². The molecule has 0 aliphatic heterocycles. The van der Waals surface area contributed by atoms with E-state index >= 15 is 0 Å². The summed E-state index contributed by atoms with van der Waals surface area (Å²) in [5.41, 5.74) is 0. The molecule has 1 atom stereocenters. The van der Waals surface area contributed by atoms with E-state index in [1.807, 2.05) is 6.92 Å². The highest BCUT2D eigenvalue weighted by atomic mass is 35.5. The summed E-state index contributed by atoms with van der Waals surface area (Å²) in [5, 5.41) is 3.84. The first-order valence-electron chi connectivity index (χ1n) is 6.50. The maximum absolute atomic E-state index is 13.5. The molecule has 100 valence electrons. The quantitative estimate of drug-likeness (QED) is 0.880. The zero-order valence-electron chi connectivity index (χ0n) is 10.6. The van der Waals surface area contributed by atoms with Crippen LogP contribution in [0, 0.1) is 5.82 Å². The average Bonchev–Trinajstić information content (AvgIpc) is 2.83. The maximum atomic E-state index is 13.5. The van der Waals surface area contributed by atoms with Gasteiger partial charge in [-0.1, -0.05) is 24.4 Å².